The van der Waals surface area contributed by atoms with Crippen molar-refractivity contribution in [3.63, 3.8) is 0 Å². The molecular formula is C13H17Cl2NS. The highest BCUT2D eigenvalue weighted by Gasteiger charge is 2.16. The Kier molecular flexibility index (Phi) is 6.99. The van der Waals surface area contributed by atoms with Gasteiger partial charge in [0.1, 0.15) is 0 Å². The summed E-state index contributed by atoms with van der Waals surface area (Å²) in [4.78, 5) is 0. The molecule has 4 heteroatoms. The molecule has 1 nitrogen and oxygen atoms in total. The summed E-state index contributed by atoms with van der Waals surface area (Å²) in [5, 5.41) is 3.49. The van der Waals surface area contributed by atoms with Crippen LogP contribution in [0.5, 0.6) is 0 Å². The number of thiophene rings is 1. The molecule has 1 heterocycles. The fourth-order valence-corrected chi connectivity index (χ4v) is 3.26. The van der Waals surface area contributed by atoms with Crippen molar-refractivity contribution in [1.82, 2.24) is 5.32 Å². The van der Waals surface area contributed by atoms with E-state index in [1.54, 1.807) is 0 Å². The fourth-order valence-electron chi connectivity index (χ4n) is 1.68. The van der Waals surface area contributed by atoms with E-state index in [-0.39, 0.29) is 6.04 Å². The molecule has 0 radical (unpaired) electrons. The van der Waals surface area contributed by atoms with Crippen LogP contribution >= 0.6 is 34.5 Å². The number of terminal acetylenes is 1. The minimum Gasteiger partial charge on any atom is -0.310 e. The molecule has 0 aliphatic carbocycles. The summed E-state index contributed by atoms with van der Waals surface area (Å²) in [6.45, 7) is 3.12. The molecule has 0 aliphatic heterocycles. The molecule has 0 aliphatic rings. The highest BCUT2D eigenvalue weighted by molar-refractivity contribution is 7.20. The standard InChI is InChI=1S/C13H17Cl2NS/c1-3-5-6-7-11(16-8-4-2)10-9-12(14)17-13(10)15/h1,9,11,16H,4-8H2,2H3. The van der Waals surface area contributed by atoms with Gasteiger partial charge in [-0.3, -0.25) is 0 Å². The van der Waals surface area contributed by atoms with E-state index in [2.05, 4.69) is 18.2 Å². The Labute approximate surface area is 118 Å². The Morgan fingerprint density at radius 1 is 1.53 bits per heavy atom. The van der Waals surface area contributed by atoms with Crippen molar-refractivity contribution in [3.8, 4) is 12.3 Å². The summed E-state index contributed by atoms with van der Waals surface area (Å²) >= 11 is 13.6. The average molecular weight is 290 g/mol. The smallest absolute Gasteiger partial charge is 0.0991 e. The molecule has 1 unspecified atom stereocenters. The van der Waals surface area contributed by atoms with E-state index in [4.69, 9.17) is 29.6 Å². The molecule has 0 aromatic carbocycles. The molecule has 0 saturated carbocycles. The van der Waals surface area contributed by atoms with E-state index in [1.807, 2.05) is 6.07 Å². The Morgan fingerprint density at radius 2 is 2.29 bits per heavy atom. The van der Waals surface area contributed by atoms with Crippen LogP contribution in [-0.4, -0.2) is 6.54 Å². The van der Waals surface area contributed by atoms with Gasteiger partial charge in [-0.1, -0.05) is 30.1 Å². The summed E-state index contributed by atoms with van der Waals surface area (Å²) in [5.41, 5.74) is 1.10. The minimum atomic E-state index is 0.263. The van der Waals surface area contributed by atoms with Crippen molar-refractivity contribution < 1.29 is 0 Å². The van der Waals surface area contributed by atoms with Gasteiger partial charge in [-0.25, -0.2) is 0 Å². The zero-order chi connectivity index (χ0) is 12.7. The lowest BCUT2D eigenvalue weighted by molar-refractivity contribution is 0.489. The molecule has 1 rings (SSSR count). The van der Waals surface area contributed by atoms with Gasteiger partial charge in [0.2, 0.25) is 0 Å². The first-order chi connectivity index (χ1) is 8.19. The molecule has 0 amide bonds. The van der Waals surface area contributed by atoms with Gasteiger partial charge in [-0.05, 0) is 31.9 Å². The zero-order valence-electron chi connectivity index (χ0n) is 9.93. The normalized spacial score (nSPS) is 12.4. The van der Waals surface area contributed by atoms with Gasteiger partial charge in [0, 0.05) is 18.0 Å². The Balaban J connectivity index is 2.68. The van der Waals surface area contributed by atoms with E-state index < -0.39 is 0 Å². The fraction of sp³-hybridized carbons (Fsp3) is 0.538. The van der Waals surface area contributed by atoms with E-state index in [0.717, 1.165) is 46.5 Å². The molecule has 0 spiro atoms. The summed E-state index contributed by atoms with van der Waals surface area (Å²) in [5.74, 6) is 2.67. The van der Waals surface area contributed by atoms with Crippen molar-refractivity contribution >= 4 is 34.5 Å². The van der Waals surface area contributed by atoms with Crippen LogP contribution in [0, 0.1) is 12.3 Å². The van der Waals surface area contributed by atoms with Gasteiger partial charge in [-0.2, -0.15) is 0 Å². The predicted octanol–water partition coefficient (Wildman–Crippen LogP) is 4.90. The first-order valence-electron chi connectivity index (χ1n) is 5.80. The van der Waals surface area contributed by atoms with E-state index >= 15 is 0 Å². The molecule has 0 saturated heterocycles. The molecule has 1 N–H and O–H groups in total. The van der Waals surface area contributed by atoms with Crippen molar-refractivity contribution in [2.75, 3.05) is 6.54 Å². The molecule has 1 atom stereocenters. The third kappa shape index (κ3) is 4.89. The molecule has 1 aromatic rings. The molecular weight excluding hydrogens is 273 g/mol. The van der Waals surface area contributed by atoms with Crippen molar-refractivity contribution in [2.45, 2.75) is 38.6 Å². The van der Waals surface area contributed by atoms with Gasteiger partial charge < -0.3 is 5.32 Å². The maximum atomic E-state index is 6.19. The topological polar surface area (TPSA) is 12.0 Å². The number of hydrogen-bond acceptors (Lipinski definition) is 2. The lowest BCUT2D eigenvalue weighted by Crippen LogP contribution is -2.21. The van der Waals surface area contributed by atoms with Crippen molar-refractivity contribution in [2.24, 2.45) is 0 Å². The second-order valence-corrected chi connectivity index (χ2v) is 6.17. The lowest BCUT2D eigenvalue weighted by atomic mass is 10.0. The summed E-state index contributed by atoms with van der Waals surface area (Å²) in [6, 6.07) is 2.22. The SMILES string of the molecule is C#CCCCC(NCCC)c1cc(Cl)sc1Cl. The summed E-state index contributed by atoms with van der Waals surface area (Å²) in [7, 11) is 0. The van der Waals surface area contributed by atoms with Gasteiger partial charge in [-0.15, -0.1) is 23.7 Å². The molecule has 0 fully saturated rings. The third-order valence-corrected chi connectivity index (χ3v) is 4.03. The van der Waals surface area contributed by atoms with Gasteiger partial charge in [0.25, 0.3) is 0 Å². The minimum absolute atomic E-state index is 0.263. The quantitative estimate of drug-likeness (QED) is 0.556. The molecule has 1 aromatic heterocycles. The van der Waals surface area contributed by atoms with Crippen molar-refractivity contribution in [3.05, 3.63) is 20.3 Å². The average Bonchev–Trinajstić information content (AvgIpc) is 2.63. The highest BCUT2D eigenvalue weighted by atomic mass is 35.5. The van der Waals surface area contributed by atoms with Crippen LogP contribution in [0.2, 0.25) is 8.67 Å². The molecule has 17 heavy (non-hydrogen) atoms. The Morgan fingerprint density at radius 3 is 2.82 bits per heavy atom. The Bertz CT molecular complexity index is 381. The maximum absolute atomic E-state index is 6.19. The molecule has 94 valence electrons. The Hall–Kier alpha value is -0.200. The summed E-state index contributed by atoms with van der Waals surface area (Å²) in [6.07, 6.45) is 9.17. The summed E-state index contributed by atoms with van der Waals surface area (Å²) < 4.78 is 1.52. The first kappa shape index (κ1) is 14.9. The van der Waals surface area contributed by atoms with E-state index in [1.165, 1.54) is 11.3 Å². The van der Waals surface area contributed by atoms with Crippen LogP contribution in [-0.2, 0) is 0 Å². The van der Waals surface area contributed by atoms with Crippen LogP contribution in [0.4, 0.5) is 0 Å². The number of hydrogen-bond donors (Lipinski definition) is 1. The maximum Gasteiger partial charge on any atom is 0.0991 e. The van der Waals surface area contributed by atoms with E-state index in [0.29, 0.717) is 0 Å². The predicted molar refractivity (Wildman–Crippen MR) is 78.1 cm³/mol. The van der Waals surface area contributed by atoms with Crippen LogP contribution in [0.25, 0.3) is 0 Å². The largest absolute Gasteiger partial charge is 0.310 e. The van der Waals surface area contributed by atoms with Gasteiger partial charge in [0.15, 0.2) is 0 Å². The van der Waals surface area contributed by atoms with Crippen LogP contribution in [0.15, 0.2) is 6.07 Å². The van der Waals surface area contributed by atoms with Crippen LogP contribution in [0.1, 0.15) is 44.2 Å². The van der Waals surface area contributed by atoms with E-state index in [9.17, 15) is 0 Å². The lowest BCUT2D eigenvalue weighted by Gasteiger charge is -2.17. The van der Waals surface area contributed by atoms with Gasteiger partial charge in [0.05, 0.1) is 8.67 Å². The first-order valence-corrected chi connectivity index (χ1v) is 7.37. The number of rotatable bonds is 7. The zero-order valence-corrected chi connectivity index (χ0v) is 12.3. The second kappa shape index (κ2) is 8.00. The van der Waals surface area contributed by atoms with Crippen LogP contribution < -0.4 is 5.32 Å². The monoisotopic (exact) mass is 289 g/mol. The third-order valence-electron chi connectivity index (χ3n) is 2.51. The number of unbranched alkanes of at least 4 members (excludes halogenated alkanes) is 1. The second-order valence-electron chi connectivity index (χ2n) is 3.88. The van der Waals surface area contributed by atoms with Gasteiger partial charge >= 0.3 is 0 Å². The number of nitrogens with one attached hydrogen (secondary N) is 1. The highest BCUT2D eigenvalue weighted by Crippen LogP contribution is 2.36. The molecule has 0 bridgehead atoms. The number of halogens is 2. The van der Waals surface area contributed by atoms with Crippen LogP contribution in [0.3, 0.4) is 0 Å². The van der Waals surface area contributed by atoms with Crippen molar-refractivity contribution in [1.29, 1.82) is 0 Å².